The van der Waals surface area contributed by atoms with Crippen molar-refractivity contribution in [3.63, 3.8) is 0 Å². The van der Waals surface area contributed by atoms with Gasteiger partial charge in [0.1, 0.15) is 0 Å². The lowest BCUT2D eigenvalue weighted by atomic mass is 9.76. The predicted octanol–water partition coefficient (Wildman–Crippen LogP) is 1.53. The number of carbonyl (C=O) groups is 2. The Morgan fingerprint density at radius 2 is 1.59 bits per heavy atom. The van der Waals surface area contributed by atoms with Crippen LogP contribution < -0.4 is 14.2 Å². The molecule has 1 N–H and O–H groups in total. The number of Topliss-reactive ketones (excluding diaryl/α,β-unsaturated/α-hetero) is 1. The summed E-state index contributed by atoms with van der Waals surface area (Å²) in [6.07, 6.45) is 0.352. The number of esters is 1. The van der Waals surface area contributed by atoms with Crippen molar-refractivity contribution >= 4 is 11.8 Å². The summed E-state index contributed by atoms with van der Waals surface area (Å²) < 4.78 is 21.2. The van der Waals surface area contributed by atoms with Gasteiger partial charge in [-0.15, -0.1) is 0 Å². The zero-order chi connectivity index (χ0) is 21.3. The van der Waals surface area contributed by atoms with Gasteiger partial charge in [-0.2, -0.15) is 0 Å². The number of carbonyl (C=O) groups excluding carboxylic acids is 2. The SMILES string of the molecule is CCOC(=O)[C@@H]1[C@H]2CC[C@@H](C(C(=O)c3cc(OC)c(OC)c(OC)c3)[C@@H]1O)N2C. The molecule has 1 aromatic rings. The first-order valence-corrected chi connectivity index (χ1v) is 9.80. The Morgan fingerprint density at radius 3 is 2.07 bits per heavy atom. The smallest absolute Gasteiger partial charge is 0.313 e. The number of piperidine rings is 1. The van der Waals surface area contributed by atoms with E-state index in [2.05, 4.69) is 0 Å². The minimum absolute atomic E-state index is 0.127. The van der Waals surface area contributed by atoms with Gasteiger partial charge in [-0.1, -0.05) is 0 Å². The van der Waals surface area contributed by atoms with E-state index in [4.69, 9.17) is 18.9 Å². The van der Waals surface area contributed by atoms with Gasteiger partial charge >= 0.3 is 5.97 Å². The summed E-state index contributed by atoms with van der Waals surface area (Å²) in [6.45, 7) is 1.96. The largest absolute Gasteiger partial charge is 0.493 e. The van der Waals surface area contributed by atoms with Crippen LogP contribution in [0.25, 0.3) is 0 Å². The Balaban J connectivity index is 2.00. The number of hydrogen-bond acceptors (Lipinski definition) is 8. The number of aliphatic hydroxyl groups excluding tert-OH is 1. The number of benzene rings is 1. The van der Waals surface area contributed by atoms with Crippen LogP contribution in [-0.4, -0.2) is 74.9 Å². The zero-order valence-corrected chi connectivity index (χ0v) is 17.5. The number of methoxy groups -OCH3 is 3. The van der Waals surface area contributed by atoms with Crippen LogP contribution >= 0.6 is 0 Å². The maximum atomic E-state index is 13.5. The molecule has 0 aromatic heterocycles. The van der Waals surface area contributed by atoms with Gasteiger partial charge in [-0.05, 0) is 38.9 Å². The van der Waals surface area contributed by atoms with Crippen molar-refractivity contribution in [2.75, 3.05) is 35.0 Å². The number of fused-ring (bicyclic) bond motifs is 2. The molecule has 5 atom stereocenters. The van der Waals surface area contributed by atoms with Crippen LogP contribution in [0.1, 0.15) is 30.1 Å². The first kappa shape index (κ1) is 21.4. The predicted molar refractivity (Wildman–Crippen MR) is 105 cm³/mol. The Labute approximate surface area is 170 Å². The molecule has 2 aliphatic rings. The highest BCUT2D eigenvalue weighted by atomic mass is 16.5. The molecule has 0 saturated carbocycles. The molecule has 3 rings (SSSR count). The van der Waals surface area contributed by atoms with Gasteiger partial charge in [0.15, 0.2) is 17.3 Å². The van der Waals surface area contributed by atoms with E-state index in [1.54, 1.807) is 19.1 Å². The van der Waals surface area contributed by atoms with Gasteiger partial charge in [0.25, 0.3) is 0 Å². The van der Waals surface area contributed by atoms with Gasteiger partial charge in [0.2, 0.25) is 5.75 Å². The second-order valence-electron chi connectivity index (χ2n) is 7.45. The molecule has 0 amide bonds. The number of nitrogens with zero attached hydrogens (tertiary/aromatic N) is 1. The molecule has 1 aromatic carbocycles. The first-order valence-electron chi connectivity index (χ1n) is 9.80. The molecule has 8 nitrogen and oxygen atoms in total. The normalized spacial score (nSPS) is 28.7. The van der Waals surface area contributed by atoms with Crippen LogP contribution in [0.5, 0.6) is 17.2 Å². The fourth-order valence-corrected chi connectivity index (χ4v) is 4.82. The van der Waals surface area contributed by atoms with E-state index >= 15 is 0 Å². The summed E-state index contributed by atoms with van der Waals surface area (Å²) in [6, 6.07) is 2.89. The first-order chi connectivity index (χ1) is 13.9. The molecule has 2 fully saturated rings. The zero-order valence-electron chi connectivity index (χ0n) is 17.5. The molecular weight excluding hydrogens is 378 g/mol. The average Bonchev–Trinajstić information content (AvgIpc) is 2.99. The summed E-state index contributed by atoms with van der Waals surface area (Å²) in [5, 5.41) is 11.1. The summed E-state index contributed by atoms with van der Waals surface area (Å²) in [5.74, 6) is -1.12. The molecule has 2 aliphatic heterocycles. The average molecular weight is 407 g/mol. The quantitative estimate of drug-likeness (QED) is 0.537. The number of ketones is 1. The van der Waals surface area contributed by atoms with Crippen LogP contribution in [0.2, 0.25) is 0 Å². The topological polar surface area (TPSA) is 94.5 Å². The van der Waals surface area contributed by atoms with Crippen LogP contribution in [0.3, 0.4) is 0 Å². The minimum Gasteiger partial charge on any atom is -0.493 e. The second kappa shape index (κ2) is 8.59. The third-order valence-electron chi connectivity index (χ3n) is 6.18. The highest BCUT2D eigenvalue weighted by Crippen LogP contribution is 2.45. The van der Waals surface area contributed by atoms with Crippen molar-refractivity contribution in [2.24, 2.45) is 11.8 Å². The lowest BCUT2D eigenvalue weighted by molar-refractivity contribution is -0.160. The molecule has 1 unspecified atom stereocenters. The number of rotatable bonds is 7. The van der Waals surface area contributed by atoms with E-state index in [1.807, 2.05) is 11.9 Å². The lowest BCUT2D eigenvalue weighted by Gasteiger charge is -2.44. The van der Waals surface area contributed by atoms with E-state index < -0.39 is 23.9 Å². The molecule has 2 bridgehead atoms. The van der Waals surface area contributed by atoms with Crippen LogP contribution in [-0.2, 0) is 9.53 Å². The van der Waals surface area contributed by atoms with Crippen molar-refractivity contribution in [1.82, 2.24) is 4.90 Å². The second-order valence-corrected chi connectivity index (χ2v) is 7.45. The minimum atomic E-state index is -1.12. The standard InChI is InChI=1S/C21H29NO7/c1-6-29-21(25)17-13-8-7-12(22(13)2)16(19(17)24)18(23)11-9-14(26-3)20(28-5)15(10-11)27-4/h9-10,12-13,16-17,19,24H,6-8H2,1-5H3/t12-,13+,16?,17+,19-/m0/s1. The summed E-state index contributed by atoms with van der Waals surface area (Å²) in [7, 11) is 6.35. The Kier molecular flexibility index (Phi) is 6.33. The van der Waals surface area contributed by atoms with E-state index in [-0.39, 0.29) is 24.5 Å². The summed E-state index contributed by atoms with van der Waals surface area (Å²) in [5.41, 5.74) is 0.338. The van der Waals surface area contributed by atoms with Crippen LogP contribution in [0.15, 0.2) is 12.1 Å². The van der Waals surface area contributed by atoms with Gasteiger partial charge in [0.05, 0.1) is 45.9 Å². The highest BCUT2D eigenvalue weighted by Gasteiger charge is 2.56. The van der Waals surface area contributed by atoms with Crippen molar-refractivity contribution < 1.29 is 33.6 Å². The molecule has 0 aliphatic carbocycles. The van der Waals surface area contributed by atoms with Crippen LogP contribution in [0, 0.1) is 11.8 Å². The van der Waals surface area contributed by atoms with E-state index in [1.165, 1.54) is 21.3 Å². The third-order valence-corrected chi connectivity index (χ3v) is 6.18. The molecule has 0 spiro atoms. The van der Waals surface area contributed by atoms with Crippen molar-refractivity contribution in [3.8, 4) is 17.2 Å². The maximum Gasteiger partial charge on any atom is 0.313 e. The van der Waals surface area contributed by atoms with Crippen molar-refractivity contribution in [3.05, 3.63) is 17.7 Å². The number of hydrogen-bond donors (Lipinski definition) is 1. The third kappa shape index (κ3) is 3.55. The Bertz CT molecular complexity index is 755. The lowest BCUT2D eigenvalue weighted by Crippen LogP contribution is -2.59. The van der Waals surface area contributed by atoms with Gasteiger partial charge in [-0.3, -0.25) is 14.5 Å². The fourth-order valence-electron chi connectivity index (χ4n) is 4.82. The van der Waals surface area contributed by atoms with Gasteiger partial charge in [-0.25, -0.2) is 0 Å². The fraction of sp³-hybridized carbons (Fsp3) is 0.619. The molecule has 0 radical (unpaired) electrons. The van der Waals surface area contributed by atoms with Gasteiger partial charge < -0.3 is 24.1 Å². The van der Waals surface area contributed by atoms with E-state index in [0.717, 1.165) is 12.8 Å². The van der Waals surface area contributed by atoms with Crippen LogP contribution in [0.4, 0.5) is 0 Å². The summed E-state index contributed by atoms with van der Waals surface area (Å²) in [4.78, 5) is 28.1. The number of aliphatic hydroxyl groups is 1. The van der Waals surface area contributed by atoms with Crippen molar-refractivity contribution in [2.45, 2.75) is 38.0 Å². The molecule has 2 heterocycles. The molecule has 160 valence electrons. The Morgan fingerprint density at radius 1 is 1.03 bits per heavy atom. The molecule has 8 heteroatoms. The monoisotopic (exact) mass is 407 g/mol. The number of ether oxygens (including phenoxy) is 4. The van der Waals surface area contributed by atoms with E-state index in [0.29, 0.717) is 22.8 Å². The van der Waals surface area contributed by atoms with Crippen molar-refractivity contribution in [1.29, 1.82) is 0 Å². The maximum absolute atomic E-state index is 13.5. The van der Waals surface area contributed by atoms with Gasteiger partial charge in [0, 0.05) is 17.6 Å². The molecular formula is C21H29NO7. The summed E-state index contributed by atoms with van der Waals surface area (Å²) >= 11 is 0. The molecule has 2 saturated heterocycles. The highest BCUT2D eigenvalue weighted by molar-refractivity contribution is 6.00. The van der Waals surface area contributed by atoms with E-state index in [9.17, 15) is 14.7 Å². The molecule has 29 heavy (non-hydrogen) atoms. The Hall–Kier alpha value is -2.32.